The third kappa shape index (κ3) is 2.34. The highest BCUT2D eigenvalue weighted by Crippen LogP contribution is 2.36. The summed E-state index contributed by atoms with van der Waals surface area (Å²) in [6.07, 6.45) is 4.72. The molecule has 0 aromatic heterocycles. The lowest BCUT2D eigenvalue weighted by atomic mass is 9.75. The van der Waals surface area contributed by atoms with E-state index in [0.29, 0.717) is 5.92 Å². The van der Waals surface area contributed by atoms with Crippen LogP contribution in [-0.2, 0) is 0 Å². The van der Waals surface area contributed by atoms with Gasteiger partial charge < -0.3 is 5.73 Å². The van der Waals surface area contributed by atoms with Gasteiger partial charge >= 0.3 is 0 Å². The normalized spacial score (nSPS) is 35.9. The summed E-state index contributed by atoms with van der Waals surface area (Å²) in [6.45, 7) is 4.29. The Morgan fingerprint density at radius 2 is 2.31 bits per heavy atom. The first-order valence-corrected chi connectivity index (χ1v) is 4.84. The zero-order chi connectivity index (χ0) is 9.90. The molecule has 0 heterocycles. The van der Waals surface area contributed by atoms with Gasteiger partial charge in [-0.15, -0.1) is 0 Å². The Labute approximate surface area is 79.2 Å². The molecule has 13 heavy (non-hydrogen) atoms. The molecule has 0 aliphatic heterocycles. The van der Waals surface area contributed by atoms with Crippen LogP contribution in [0.15, 0.2) is 4.99 Å². The minimum Gasteiger partial charge on any atom is -0.368 e. The second-order valence-corrected chi connectivity index (χ2v) is 4.11. The second-order valence-electron chi connectivity index (χ2n) is 4.11. The van der Waals surface area contributed by atoms with Crippen LogP contribution in [0.25, 0.3) is 0 Å². The van der Waals surface area contributed by atoms with E-state index >= 15 is 0 Å². The number of hydroxylamine groups is 1. The van der Waals surface area contributed by atoms with Crippen molar-refractivity contribution in [3.8, 4) is 0 Å². The van der Waals surface area contributed by atoms with E-state index in [1.165, 1.54) is 19.3 Å². The van der Waals surface area contributed by atoms with E-state index in [0.717, 1.165) is 6.42 Å². The molecule has 0 aromatic carbocycles. The maximum absolute atomic E-state index is 8.56. The Bertz CT molecular complexity index is 205. The van der Waals surface area contributed by atoms with Crippen LogP contribution in [-0.4, -0.2) is 16.7 Å². The number of nitrogens with two attached hydrogens (primary N) is 1. The molecule has 76 valence electrons. The zero-order valence-corrected chi connectivity index (χ0v) is 8.38. The smallest absolute Gasteiger partial charge is 0.213 e. The molecule has 0 spiro atoms. The molecule has 1 fully saturated rings. The van der Waals surface area contributed by atoms with Crippen molar-refractivity contribution in [3.63, 3.8) is 0 Å². The van der Waals surface area contributed by atoms with E-state index in [1.807, 2.05) is 5.48 Å². The summed E-state index contributed by atoms with van der Waals surface area (Å²) in [4.78, 5) is 4.30. The third-order valence-corrected chi connectivity index (χ3v) is 3.12. The van der Waals surface area contributed by atoms with E-state index < -0.39 is 0 Å². The van der Waals surface area contributed by atoms with E-state index in [4.69, 9.17) is 10.9 Å². The lowest BCUT2D eigenvalue weighted by Gasteiger charge is -2.36. The van der Waals surface area contributed by atoms with Gasteiger partial charge in [0.25, 0.3) is 0 Å². The Morgan fingerprint density at radius 3 is 2.85 bits per heavy atom. The van der Waals surface area contributed by atoms with Gasteiger partial charge in [0.2, 0.25) is 5.96 Å². The monoisotopic (exact) mass is 185 g/mol. The highest BCUT2D eigenvalue weighted by atomic mass is 16.5. The van der Waals surface area contributed by atoms with Gasteiger partial charge in [-0.2, -0.15) is 0 Å². The van der Waals surface area contributed by atoms with Gasteiger partial charge in [-0.05, 0) is 25.7 Å². The SMILES string of the molecule is CC1CCCCC1(C)N=C(N)NO. The molecule has 0 amide bonds. The minimum atomic E-state index is -0.0991. The molecule has 1 saturated carbocycles. The predicted molar refractivity (Wildman–Crippen MR) is 52.6 cm³/mol. The average Bonchev–Trinajstić information content (AvgIpc) is 2.10. The minimum absolute atomic E-state index is 0.0991. The van der Waals surface area contributed by atoms with Crippen LogP contribution in [0.4, 0.5) is 0 Å². The number of hydrogen-bond acceptors (Lipinski definition) is 2. The molecule has 1 rings (SSSR count). The van der Waals surface area contributed by atoms with Crippen LogP contribution >= 0.6 is 0 Å². The standard InChI is InChI=1S/C9H19N3O/c1-7-5-3-4-6-9(7,2)11-8(10)12-13/h7,13H,3-6H2,1-2H3,(H3,10,11,12). The first-order chi connectivity index (χ1) is 6.08. The molecule has 4 heteroatoms. The van der Waals surface area contributed by atoms with E-state index in [1.54, 1.807) is 0 Å². The van der Waals surface area contributed by atoms with Crippen molar-refractivity contribution in [1.82, 2.24) is 5.48 Å². The number of aliphatic imine (C=N–C) groups is 1. The molecule has 2 unspecified atom stereocenters. The van der Waals surface area contributed by atoms with Gasteiger partial charge in [0.1, 0.15) is 0 Å². The highest BCUT2D eigenvalue weighted by molar-refractivity contribution is 5.77. The maximum Gasteiger partial charge on any atom is 0.213 e. The largest absolute Gasteiger partial charge is 0.368 e. The fourth-order valence-electron chi connectivity index (χ4n) is 1.96. The van der Waals surface area contributed by atoms with Gasteiger partial charge in [0, 0.05) is 0 Å². The molecule has 4 nitrogen and oxygen atoms in total. The maximum atomic E-state index is 8.56. The molecular formula is C9H19N3O. The van der Waals surface area contributed by atoms with Gasteiger partial charge in [-0.1, -0.05) is 19.8 Å². The molecule has 0 bridgehead atoms. The molecule has 0 aromatic rings. The summed E-state index contributed by atoms with van der Waals surface area (Å²) in [6, 6.07) is 0. The van der Waals surface area contributed by atoms with Crippen LogP contribution in [0.1, 0.15) is 39.5 Å². The number of guanidine groups is 1. The van der Waals surface area contributed by atoms with Crippen molar-refractivity contribution < 1.29 is 5.21 Å². The van der Waals surface area contributed by atoms with Crippen LogP contribution in [0, 0.1) is 5.92 Å². The van der Waals surface area contributed by atoms with E-state index in [2.05, 4.69) is 18.8 Å². The highest BCUT2D eigenvalue weighted by Gasteiger charge is 2.33. The number of nitrogens with one attached hydrogen (secondary N) is 1. The number of rotatable bonds is 1. The Balaban J connectivity index is 2.72. The van der Waals surface area contributed by atoms with Crippen molar-refractivity contribution in [2.24, 2.45) is 16.6 Å². The van der Waals surface area contributed by atoms with E-state index in [9.17, 15) is 0 Å². The lowest BCUT2D eigenvalue weighted by molar-refractivity contribution is 0.210. The summed E-state index contributed by atoms with van der Waals surface area (Å²) < 4.78 is 0. The molecule has 1 aliphatic carbocycles. The quantitative estimate of drug-likeness (QED) is 0.327. The summed E-state index contributed by atoms with van der Waals surface area (Å²) in [5, 5.41) is 8.56. The molecule has 2 atom stereocenters. The van der Waals surface area contributed by atoms with Gasteiger partial charge in [0.05, 0.1) is 5.54 Å². The van der Waals surface area contributed by atoms with E-state index in [-0.39, 0.29) is 11.5 Å². The molecule has 1 aliphatic rings. The van der Waals surface area contributed by atoms with Gasteiger partial charge in [0.15, 0.2) is 0 Å². The zero-order valence-electron chi connectivity index (χ0n) is 8.38. The number of nitrogens with zero attached hydrogens (tertiary/aromatic N) is 1. The summed E-state index contributed by atoms with van der Waals surface area (Å²) in [5.74, 6) is 0.657. The van der Waals surface area contributed by atoms with Crippen molar-refractivity contribution in [2.45, 2.75) is 45.1 Å². The van der Waals surface area contributed by atoms with Crippen molar-refractivity contribution in [1.29, 1.82) is 0 Å². The second kappa shape index (κ2) is 3.96. The van der Waals surface area contributed by atoms with Crippen molar-refractivity contribution >= 4 is 5.96 Å². The molecule has 0 saturated heterocycles. The fraction of sp³-hybridized carbons (Fsp3) is 0.889. The predicted octanol–water partition coefficient (Wildman–Crippen LogP) is 1.25. The molecule has 0 radical (unpaired) electrons. The summed E-state index contributed by atoms with van der Waals surface area (Å²) in [7, 11) is 0. The van der Waals surface area contributed by atoms with Crippen molar-refractivity contribution in [3.05, 3.63) is 0 Å². The summed E-state index contributed by atoms with van der Waals surface area (Å²) in [5.41, 5.74) is 7.23. The van der Waals surface area contributed by atoms with Crippen LogP contribution < -0.4 is 11.2 Å². The van der Waals surface area contributed by atoms with Crippen molar-refractivity contribution in [2.75, 3.05) is 0 Å². The lowest BCUT2D eigenvalue weighted by Crippen LogP contribution is -2.39. The topological polar surface area (TPSA) is 70.6 Å². The number of hydrogen-bond donors (Lipinski definition) is 3. The average molecular weight is 185 g/mol. The Hall–Kier alpha value is -0.770. The fourth-order valence-corrected chi connectivity index (χ4v) is 1.96. The Kier molecular flexibility index (Phi) is 3.14. The first-order valence-electron chi connectivity index (χ1n) is 4.84. The first kappa shape index (κ1) is 10.3. The third-order valence-electron chi connectivity index (χ3n) is 3.12. The van der Waals surface area contributed by atoms with Crippen LogP contribution in [0.3, 0.4) is 0 Å². The molecule has 4 N–H and O–H groups in total. The van der Waals surface area contributed by atoms with Gasteiger partial charge in [-0.25, -0.2) is 10.5 Å². The van der Waals surface area contributed by atoms with Crippen LogP contribution in [0.2, 0.25) is 0 Å². The van der Waals surface area contributed by atoms with Crippen LogP contribution in [0.5, 0.6) is 0 Å². The molecular weight excluding hydrogens is 166 g/mol. The Morgan fingerprint density at radius 1 is 1.62 bits per heavy atom. The van der Waals surface area contributed by atoms with Gasteiger partial charge in [-0.3, -0.25) is 5.21 Å². The summed E-state index contributed by atoms with van der Waals surface area (Å²) >= 11 is 0.